The number of carbonyl (C=O) groups is 1. The minimum absolute atomic E-state index is 0.155. The van der Waals surface area contributed by atoms with Crippen molar-refractivity contribution in [2.24, 2.45) is 0 Å². The minimum Gasteiger partial charge on any atom is -0.478 e. The predicted molar refractivity (Wildman–Crippen MR) is 72.5 cm³/mol. The Hall–Kier alpha value is -1.69. The summed E-state index contributed by atoms with van der Waals surface area (Å²) in [5.74, 6) is -0.471. The first kappa shape index (κ1) is 13.7. The molecule has 0 amide bonds. The average Bonchev–Trinajstić information content (AvgIpc) is 2.33. The van der Waals surface area contributed by atoms with Gasteiger partial charge >= 0.3 is 5.97 Å². The highest BCUT2D eigenvalue weighted by molar-refractivity contribution is 5.88. The summed E-state index contributed by atoms with van der Waals surface area (Å²) in [7, 11) is 2.13. The van der Waals surface area contributed by atoms with Crippen molar-refractivity contribution in [1.82, 2.24) is 14.9 Å². The van der Waals surface area contributed by atoms with Crippen molar-refractivity contribution in [3.63, 3.8) is 0 Å². The van der Waals surface area contributed by atoms with Crippen LogP contribution in [0.2, 0.25) is 0 Å². The van der Waals surface area contributed by atoms with Crippen molar-refractivity contribution in [2.45, 2.75) is 38.8 Å². The number of nitrogens with one attached hydrogen (secondary N) is 1. The lowest BCUT2D eigenvalue weighted by Crippen LogP contribution is -2.42. The van der Waals surface area contributed by atoms with Gasteiger partial charge in [-0.15, -0.1) is 0 Å². The molecular weight excluding hydrogens is 244 g/mol. The molecular formula is C13H20N4O2. The van der Waals surface area contributed by atoms with E-state index in [9.17, 15) is 4.79 Å². The summed E-state index contributed by atoms with van der Waals surface area (Å²) >= 11 is 0. The van der Waals surface area contributed by atoms with Gasteiger partial charge < -0.3 is 15.3 Å². The Morgan fingerprint density at radius 3 is 2.89 bits per heavy atom. The highest BCUT2D eigenvalue weighted by Crippen LogP contribution is 2.18. The molecule has 1 saturated heterocycles. The second-order valence-corrected chi connectivity index (χ2v) is 5.19. The molecule has 0 bridgehead atoms. The van der Waals surface area contributed by atoms with E-state index in [1.807, 2.05) is 0 Å². The molecule has 1 aromatic rings. The summed E-state index contributed by atoms with van der Waals surface area (Å²) in [5, 5.41) is 12.2. The molecule has 19 heavy (non-hydrogen) atoms. The summed E-state index contributed by atoms with van der Waals surface area (Å²) in [4.78, 5) is 21.5. The Morgan fingerprint density at radius 1 is 1.58 bits per heavy atom. The Morgan fingerprint density at radius 2 is 2.32 bits per heavy atom. The van der Waals surface area contributed by atoms with Crippen molar-refractivity contribution >= 4 is 11.9 Å². The molecule has 6 nitrogen and oxygen atoms in total. The number of hydrogen-bond acceptors (Lipinski definition) is 5. The molecule has 2 unspecified atom stereocenters. The fraction of sp³-hybridized carbons (Fsp3) is 0.615. The van der Waals surface area contributed by atoms with Crippen LogP contribution in [0, 0.1) is 6.92 Å². The number of carboxylic acids is 1. The molecule has 2 N–H and O–H groups in total. The zero-order chi connectivity index (χ0) is 14.0. The largest absolute Gasteiger partial charge is 0.478 e. The van der Waals surface area contributed by atoms with E-state index < -0.39 is 5.97 Å². The molecule has 1 fully saturated rings. The lowest BCUT2D eigenvalue weighted by Gasteiger charge is -2.35. The molecule has 0 spiro atoms. The van der Waals surface area contributed by atoms with Gasteiger partial charge in [0.2, 0.25) is 5.95 Å². The van der Waals surface area contributed by atoms with Crippen LogP contribution in [-0.2, 0) is 0 Å². The Labute approximate surface area is 112 Å². The number of aromatic nitrogens is 2. The van der Waals surface area contributed by atoms with Gasteiger partial charge in [-0.1, -0.05) is 0 Å². The van der Waals surface area contributed by atoms with Crippen LogP contribution in [0.15, 0.2) is 6.20 Å². The Balaban J connectivity index is 2.04. The number of aromatic carboxylic acids is 1. The van der Waals surface area contributed by atoms with E-state index in [1.54, 1.807) is 6.92 Å². The monoisotopic (exact) mass is 264 g/mol. The van der Waals surface area contributed by atoms with Crippen LogP contribution in [0.4, 0.5) is 5.95 Å². The number of carboxylic acid groups (broad SMARTS) is 1. The summed E-state index contributed by atoms with van der Waals surface area (Å²) < 4.78 is 0. The molecule has 2 rings (SSSR count). The van der Waals surface area contributed by atoms with Crippen LogP contribution >= 0.6 is 0 Å². The van der Waals surface area contributed by atoms with E-state index in [0.717, 1.165) is 19.4 Å². The molecule has 104 valence electrons. The third-order valence-corrected chi connectivity index (χ3v) is 3.75. The molecule has 0 aliphatic carbocycles. The zero-order valence-corrected chi connectivity index (χ0v) is 11.6. The lowest BCUT2D eigenvalue weighted by molar-refractivity contribution is 0.0695. The molecule has 0 aromatic carbocycles. The molecule has 1 aromatic heterocycles. The highest BCUT2D eigenvalue weighted by Gasteiger charge is 2.23. The molecule has 6 heteroatoms. The second kappa shape index (κ2) is 5.52. The summed E-state index contributed by atoms with van der Waals surface area (Å²) in [6, 6.07) is 0.881. The van der Waals surface area contributed by atoms with E-state index in [4.69, 9.17) is 5.11 Å². The van der Waals surface area contributed by atoms with Crippen LogP contribution in [0.5, 0.6) is 0 Å². The van der Waals surface area contributed by atoms with Crippen molar-refractivity contribution in [2.75, 3.05) is 18.9 Å². The number of anilines is 1. The van der Waals surface area contributed by atoms with Crippen LogP contribution in [0.1, 0.15) is 35.8 Å². The van der Waals surface area contributed by atoms with Gasteiger partial charge in [0.1, 0.15) is 0 Å². The third kappa shape index (κ3) is 3.20. The maximum Gasteiger partial charge on any atom is 0.339 e. The van der Waals surface area contributed by atoms with Gasteiger partial charge in [0.25, 0.3) is 0 Å². The fourth-order valence-electron chi connectivity index (χ4n) is 2.35. The van der Waals surface area contributed by atoms with Crippen LogP contribution in [-0.4, -0.2) is 51.6 Å². The quantitative estimate of drug-likeness (QED) is 0.858. The summed E-state index contributed by atoms with van der Waals surface area (Å²) in [6.07, 6.45) is 3.45. The van der Waals surface area contributed by atoms with Crippen molar-refractivity contribution < 1.29 is 9.90 Å². The molecule has 1 aliphatic rings. The number of likely N-dealkylation sites (tertiary alicyclic amines) is 1. The lowest BCUT2D eigenvalue weighted by atomic mass is 9.99. The predicted octanol–water partition coefficient (Wildman–Crippen LogP) is 1.38. The third-order valence-electron chi connectivity index (χ3n) is 3.75. The first-order chi connectivity index (χ1) is 8.97. The number of rotatable bonds is 3. The van der Waals surface area contributed by atoms with Gasteiger partial charge in [-0.05, 0) is 33.7 Å². The zero-order valence-electron chi connectivity index (χ0n) is 11.6. The van der Waals surface area contributed by atoms with E-state index in [0.29, 0.717) is 23.7 Å². The standard InChI is InChI=1S/C13H20N4O2/c1-8-6-10(4-5-17(8)3)16-13-14-7-11(12(18)19)9(2)15-13/h7-8,10H,4-6H2,1-3H3,(H,18,19)(H,14,15,16). The number of piperidine rings is 1. The van der Waals surface area contributed by atoms with Crippen molar-refractivity contribution in [1.29, 1.82) is 0 Å². The average molecular weight is 264 g/mol. The summed E-state index contributed by atoms with van der Waals surface area (Å²) in [5.41, 5.74) is 0.647. The second-order valence-electron chi connectivity index (χ2n) is 5.19. The van der Waals surface area contributed by atoms with Crippen LogP contribution in [0.3, 0.4) is 0 Å². The van der Waals surface area contributed by atoms with E-state index in [-0.39, 0.29) is 5.56 Å². The van der Waals surface area contributed by atoms with Gasteiger partial charge in [-0.3, -0.25) is 0 Å². The maximum atomic E-state index is 10.9. The number of hydrogen-bond donors (Lipinski definition) is 2. The fourth-order valence-corrected chi connectivity index (χ4v) is 2.35. The van der Waals surface area contributed by atoms with E-state index in [1.165, 1.54) is 6.20 Å². The summed E-state index contributed by atoms with van der Waals surface area (Å²) in [6.45, 7) is 4.94. The van der Waals surface area contributed by atoms with Gasteiger partial charge in [-0.2, -0.15) is 0 Å². The molecule has 2 heterocycles. The van der Waals surface area contributed by atoms with Gasteiger partial charge in [0.15, 0.2) is 0 Å². The van der Waals surface area contributed by atoms with Gasteiger partial charge in [0, 0.05) is 24.8 Å². The molecule has 2 atom stereocenters. The van der Waals surface area contributed by atoms with Crippen LogP contribution < -0.4 is 5.32 Å². The van der Waals surface area contributed by atoms with Crippen molar-refractivity contribution in [3.8, 4) is 0 Å². The smallest absolute Gasteiger partial charge is 0.339 e. The molecule has 1 aliphatic heterocycles. The van der Waals surface area contributed by atoms with Gasteiger partial charge in [0.05, 0.1) is 11.3 Å². The number of nitrogens with zero attached hydrogens (tertiary/aromatic N) is 3. The van der Waals surface area contributed by atoms with E-state index in [2.05, 4.69) is 34.2 Å². The Bertz CT molecular complexity index is 478. The Kier molecular flexibility index (Phi) is 3.99. The molecule has 0 saturated carbocycles. The molecule has 0 radical (unpaired) electrons. The van der Waals surface area contributed by atoms with Crippen LogP contribution in [0.25, 0.3) is 0 Å². The first-order valence-electron chi connectivity index (χ1n) is 6.51. The maximum absolute atomic E-state index is 10.9. The normalized spacial score (nSPS) is 24.2. The highest BCUT2D eigenvalue weighted by atomic mass is 16.4. The number of aryl methyl sites for hydroxylation is 1. The van der Waals surface area contributed by atoms with E-state index >= 15 is 0 Å². The topological polar surface area (TPSA) is 78.4 Å². The SMILES string of the molecule is Cc1nc(NC2CCN(C)C(C)C2)ncc1C(=O)O. The van der Waals surface area contributed by atoms with Crippen molar-refractivity contribution in [3.05, 3.63) is 17.5 Å². The minimum atomic E-state index is -0.989. The van der Waals surface area contributed by atoms with Gasteiger partial charge in [-0.25, -0.2) is 14.8 Å². The first-order valence-corrected chi connectivity index (χ1v) is 6.51.